The normalized spacial score (nSPS) is 17.2. The number of aliphatic carboxylic acids is 1. The van der Waals surface area contributed by atoms with Gasteiger partial charge in [-0.05, 0) is 90.8 Å². The molecule has 2 aliphatic rings. The van der Waals surface area contributed by atoms with Gasteiger partial charge < -0.3 is 24.1 Å². The first-order chi connectivity index (χ1) is 18.0. The third-order valence-corrected chi connectivity index (χ3v) is 7.24. The first-order valence-corrected chi connectivity index (χ1v) is 13.0. The predicted octanol–water partition coefficient (Wildman–Crippen LogP) is 6.31. The van der Waals surface area contributed by atoms with E-state index in [4.69, 9.17) is 24.1 Å². The van der Waals surface area contributed by atoms with Crippen LogP contribution in [-0.2, 0) is 16.1 Å². The predicted molar refractivity (Wildman–Crippen MR) is 142 cm³/mol. The molecule has 6 nitrogen and oxygen atoms in total. The lowest BCUT2D eigenvalue weighted by Crippen LogP contribution is -2.21. The Morgan fingerprint density at radius 2 is 1.76 bits per heavy atom. The summed E-state index contributed by atoms with van der Waals surface area (Å²) in [5, 5.41) is 9.10. The van der Waals surface area contributed by atoms with Crippen LogP contribution in [0.3, 0.4) is 0 Å². The van der Waals surface area contributed by atoms with Crippen LogP contribution < -0.4 is 14.2 Å². The molecule has 0 bridgehead atoms. The van der Waals surface area contributed by atoms with Gasteiger partial charge in [0.25, 0.3) is 0 Å². The number of carbonyl (C=O) groups is 1. The minimum Gasteiger partial charge on any atom is -0.493 e. The summed E-state index contributed by atoms with van der Waals surface area (Å²) in [4.78, 5) is 11.1. The van der Waals surface area contributed by atoms with Gasteiger partial charge in [0.1, 0.15) is 23.9 Å². The van der Waals surface area contributed by atoms with Crippen LogP contribution in [0.15, 0.2) is 54.6 Å². The minimum atomic E-state index is -0.809. The zero-order valence-corrected chi connectivity index (χ0v) is 21.5. The Kier molecular flexibility index (Phi) is 7.65. The average Bonchev–Trinajstić information content (AvgIpc) is 3.28. The molecule has 1 fully saturated rings. The van der Waals surface area contributed by atoms with E-state index in [1.54, 1.807) is 0 Å². The van der Waals surface area contributed by atoms with Gasteiger partial charge in [-0.1, -0.05) is 24.3 Å². The van der Waals surface area contributed by atoms with E-state index in [9.17, 15) is 4.79 Å². The molecule has 3 aromatic rings. The number of benzene rings is 3. The van der Waals surface area contributed by atoms with Crippen molar-refractivity contribution < 1.29 is 28.8 Å². The SMILES string of the molecule is Cc1cc(OCC2CCOCC2)cc(C)c1-c1cccc(OCc2ccc3c(c2)OCC3CC(=O)O)c1. The number of carboxylic acid groups (broad SMARTS) is 1. The summed E-state index contributed by atoms with van der Waals surface area (Å²) in [6, 6.07) is 18.3. The molecule has 2 aliphatic heterocycles. The molecule has 0 amide bonds. The van der Waals surface area contributed by atoms with Gasteiger partial charge in [0.15, 0.2) is 0 Å². The molecule has 5 rings (SSSR count). The fourth-order valence-corrected chi connectivity index (χ4v) is 5.29. The Labute approximate surface area is 218 Å². The van der Waals surface area contributed by atoms with E-state index in [1.165, 1.54) is 16.7 Å². The molecule has 1 atom stereocenters. The van der Waals surface area contributed by atoms with E-state index >= 15 is 0 Å². The van der Waals surface area contributed by atoms with Gasteiger partial charge in [0.2, 0.25) is 0 Å². The molecule has 1 N–H and O–H groups in total. The minimum absolute atomic E-state index is 0.0809. The van der Waals surface area contributed by atoms with Crippen molar-refractivity contribution in [3.05, 3.63) is 76.9 Å². The van der Waals surface area contributed by atoms with E-state index < -0.39 is 5.97 Å². The van der Waals surface area contributed by atoms with Crippen molar-refractivity contribution in [3.63, 3.8) is 0 Å². The summed E-state index contributed by atoms with van der Waals surface area (Å²) in [6.45, 7) is 7.46. The van der Waals surface area contributed by atoms with E-state index in [1.807, 2.05) is 30.3 Å². The van der Waals surface area contributed by atoms with Gasteiger partial charge >= 0.3 is 5.97 Å². The van der Waals surface area contributed by atoms with Crippen LogP contribution in [0, 0.1) is 19.8 Å². The molecule has 0 saturated carbocycles. The summed E-state index contributed by atoms with van der Waals surface area (Å²) in [5.41, 5.74) is 6.59. The molecule has 6 heteroatoms. The molecule has 2 heterocycles. The molecule has 37 heavy (non-hydrogen) atoms. The standard InChI is InChI=1S/C31H34O6/c1-20-12-27(36-17-22-8-10-34-11-9-22)13-21(2)31(20)24-4-3-5-26(15-24)35-18-23-6-7-28-25(16-30(32)33)19-37-29(28)14-23/h3-7,12-15,22,25H,8-11,16-19H2,1-2H3,(H,32,33). The van der Waals surface area contributed by atoms with Gasteiger partial charge in [0, 0.05) is 24.7 Å². The lowest BCUT2D eigenvalue weighted by atomic mass is 9.95. The average molecular weight is 503 g/mol. The second-order valence-corrected chi connectivity index (χ2v) is 10.1. The van der Waals surface area contributed by atoms with Crippen molar-refractivity contribution in [2.75, 3.05) is 26.4 Å². The van der Waals surface area contributed by atoms with Crippen molar-refractivity contribution in [1.29, 1.82) is 0 Å². The number of hydrogen-bond acceptors (Lipinski definition) is 5. The number of rotatable bonds is 9. The third-order valence-electron chi connectivity index (χ3n) is 7.24. The molecule has 0 spiro atoms. The van der Waals surface area contributed by atoms with Crippen molar-refractivity contribution in [2.24, 2.45) is 5.92 Å². The zero-order valence-electron chi connectivity index (χ0n) is 21.5. The van der Waals surface area contributed by atoms with Crippen LogP contribution in [0.5, 0.6) is 17.2 Å². The van der Waals surface area contributed by atoms with Gasteiger partial charge in [-0.15, -0.1) is 0 Å². The fraction of sp³-hybridized carbons (Fsp3) is 0.387. The summed E-state index contributed by atoms with van der Waals surface area (Å²) < 4.78 is 23.5. The Morgan fingerprint density at radius 1 is 0.973 bits per heavy atom. The van der Waals surface area contributed by atoms with E-state index in [0.717, 1.165) is 66.6 Å². The molecule has 1 unspecified atom stereocenters. The Bertz CT molecular complexity index is 1240. The van der Waals surface area contributed by atoms with Gasteiger partial charge in [0.05, 0.1) is 19.6 Å². The number of ether oxygens (including phenoxy) is 4. The summed E-state index contributed by atoms with van der Waals surface area (Å²) in [5.74, 6) is 2.13. The lowest BCUT2D eigenvalue weighted by molar-refractivity contribution is -0.137. The molecule has 1 saturated heterocycles. The first kappa shape index (κ1) is 25.2. The maximum absolute atomic E-state index is 11.1. The molecule has 194 valence electrons. The zero-order chi connectivity index (χ0) is 25.8. The molecule has 3 aromatic carbocycles. The van der Waals surface area contributed by atoms with E-state index in [-0.39, 0.29) is 12.3 Å². The van der Waals surface area contributed by atoms with Gasteiger partial charge in [-0.25, -0.2) is 0 Å². The largest absolute Gasteiger partial charge is 0.493 e. The Balaban J connectivity index is 1.24. The van der Waals surface area contributed by atoms with Crippen LogP contribution in [0.4, 0.5) is 0 Å². The smallest absolute Gasteiger partial charge is 0.304 e. The van der Waals surface area contributed by atoms with Gasteiger partial charge in [-0.3, -0.25) is 4.79 Å². The molecule has 0 aromatic heterocycles. The first-order valence-electron chi connectivity index (χ1n) is 13.0. The molecular formula is C31H34O6. The lowest BCUT2D eigenvalue weighted by Gasteiger charge is -2.22. The summed E-state index contributed by atoms with van der Waals surface area (Å²) in [6.07, 6.45) is 2.21. The van der Waals surface area contributed by atoms with Gasteiger partial charge in [-0.2, -0.15) is 0 Å². The Morgan fingerprint density at radius 3 is 2.51 bits per heavy atom. The summed E-state index contributed by atoms with van der Waals surface area (Å²) >= 11 is 0. The van der Waals surface area contributed by atoms with Crippen LogP contribution in [0.1, 0.15) is 47.4 Å². The maximum Gasteiger partial charge on any atom is 0.304 e. The van der Waals surface area contributed by atoms with E-state index in [2.05, 4.69) is 38.1 Å². The summed E-state index contributed by atoms with van der Waals surface area (Å²) in [7, 11) is 0. The number of aryl methyl sites for hydroxylation is 2. The highest BCUT2D eigenvalue weighted by Crippen LogP contribution is 2.37. The van der Waals surface area contributed by atoms with E-state index in [0.29, 0.717) is 19.1 Å². The van der Waals surface area contributed by atoms with Crippen LogP contribution >= 0.6 is 0 Å². The van der Waals surface area contributed by atoms with Crippen LogP contribution in [0.2, 0.25) is 0 Å². The molecule has 0 radical (unpaired) electrons. The number of fused-ring (bicyclic) bond motifs is 1. The second-order valence-electron chi connectivity index (χ2n) is 10.1. The highest BCUT2D eigenvalue weighted by Gasteiger charge is 2.26. The molecule has 0 aliphatic carbocycles. The quantitative estimate of drug-likeness (QED) is 0.370. The fourth-order valence-electron chi connectivity index (χ4n) is 5.29. The highest BCUT2D eigenvalue weighted by molar-refractivity contribution is 5.73. The van der Waals surface area contributed by atoms with Crippen molar-refractivity contribution in [3.8, 4) is 28.4 Å². The van der Waals surface area contributed by atoms with Crippen molar-refractivity contribution in [2.45, 2.75) is 45.6 Å². The van der Waals surface area contributed by atoms with Crippen LogP contribution in [0.25, 0.3) is 11.1 Å². The topological polar surface area (TPSA) is 74.2 Å². The van der Waals surface area contributed by atoms with Crippen molar-refractivity contribution in [1.82, 2.24) is 0 Å². The monoisotopic (exact) mass is 502 g/mol. The van der Waals surface area contributed by atoms with Crippen molar-refractivity contribution >= 4 is 5.97 Å². The Hall–Kier alpha value is -3.51. The molecular weight excluding hydrogens is 468 g/mol. The van der Waals surface area contributed by atoms with Crippen LogP contribution in [-0.4, -0.2) is 37.5 Å². The number of hydrogen-bond donors (Lipinski definition) is 1. The highest BCUT2D eigenvalue weighted by atomic mass is 16.5. The second kappa shape index (κ2) is 11.3. The number of carboxylic acids is 1. The maximum atomic E-state index is 11.1. The third kappa shape index (κ3) is 6.08.